The molecule has 1 aromatic carbocycles. The van der Waals surface area contributed by atoms with Gasteiger partial charge in [-0.1, -0.05) is 26.5 Å². The van der Waals surface area contributed by atoms with Crippen LogP contribution < -0.4 is 10.4 Å². The van der Waals surface area contributed by atoms with Crippen LogP contribution in [0.3, 0.4) is 0 Å². The van der Waals surface area contributed by atoms with E-state index in [0.717, 1.165) is 23.4 Å². The Kier molecular flexibility index (Phi) is 5.35. The minimum Gasteiger partial charge on any atom is -0.443 e. The first-order valence-corrected chi connectivity index (χ1v) is 8.65. The van der Waals surface area contributed by atoms with E-state index in [0.29, 0.717) is 5.69 Å². The Balaban J connectivity index is 2.28. The van der Waals surface area contributed by atoms with Crippen molar-refractivity contribution in [3.05, 3.63) is 41.7 Å². The number of carbonyl (C=O) groups is 2. The molecule has 2 rings (SSSR count). The normalized spacial score (nSPS) is 15.0. The number of hydrazine groups is 1. The molecule has 1 aliphatic rings. The first-order valence-electron chi connectivity index (χ1n) is 8.65. The molecular weight excluding hydrogens is 332 g/mol. The topological polar surface area (TPSA) is 67.9 Å². The van der Waals surface area contributed by atoms with Crippen molar-refractivity contribution in [3.8, 4) is 0 Å². The highest BCUT2D eigenvalue weighted by Gasteiger charge is 2.30. The number of hydrogen-bond donors (Lipinski definition) is 1. The Hall–Kier alpha value is -2.50. The van der Waals surface area contributed by atoms with Crippen LogP contribution in [0.2, 0.25) is 0 Å². The lowest BCUT2D eigenvalue weighted by atomic mass is 9.90. The highest BCUT2D eigenvalue weighted by molar-refractivity contribution is 5.91. The Morgan fingerprint density at radius 2 is 1.81 bits per heavy atom. The van der Waals surface area contributed by atoms with Crippen LogP contribution in [0.25, 0.3) is 0 Å². The van der Waals surface area contributed by atoms with Gasteiger partial charge in [-0.25, -0.2) is 15.0 Å². The molecule has 6 heteroatoms. The fraction of sp³-hybridized carbons (Fsp3) is 0.500. The average Bonchev–Trinajstić information content (AvgIpc) is 2.74. The number of amides is 2. The van der Waals surface area contributed by atoms with Gasteiger partial charge in [0.2, 0.25) is 0 Å². The summed E-state index contributed by atoms with van der Waals surface area (Å²) in [6, 6.07) is 5.68. The molecule has 0 heterocycles. The van der Waals surface area contributed by atoms with Crippen LogP contribution >= 0.6 is 0 Å². The third-order valence-corrected chi connectivity index (χ3v) is 3.83. The molecule has 0 aromatic heterocycles. The molecule has 0 aliphatic heterocycles. The monoisotopic (exact) mass is 360 g/mol. The van der Waals surface area contributed by atoms with E-state index in [1.54, 1.807) is 33.8 Å². The van der Waals surface area contributed by atoms with Crippen molar-refractivity contribution in [1.29, 1.82) is 0 Å². The van der Waals surface area contributed by atoms with Gasteiger partial charge in [0.25, 0.3) is 0 Å². The van der Waals surface area contributed by atoms with Crippen molar-refractivity contribution in [2.24, 2.45) is 5.41 Å². The molecule has 6 nitrogen and oxygen atoms in total. The molecule has 0 bridgehead atoms. The standard InChI is InChI=1S/C20H28N2O4/c1-13(2)25-18(24)22(21-17(23)26-19(3,4)5)16-9-8-14-11-20(6,7)12-15(14)10-16/h8-10H,1,11-12H2,2-7H3,(H,21,23). The quantitative estimate of drug-likeness (QED) is 0.612. The van der Waals surface area contributed by atoms with Gasteiger partial charge in [-0.05, 0) is 69.2 Å². The Morgan fingerprint density at radius 3 is 2.38 bits per heavy atom. The van der Waals surface area contributed by atoms with Gasteiger partial charge in [0.05, 0.1) is 11.4 Å². The van der Waals surface area contributed by atoms with Gasteiger partial charge in [-0.3, -0.25) is 0 Å². The fourth-order valence-corrected chi connectivity index (χ4v) is 2.98. The second-order valence-electron chi connectivity index (χ2n) is 8.49. The van der Waals surface area contributed by atoms with Gasteiger partial charge in [0.15, 0.2) is 0 Å². The molecule has 0 radical (unpaired) electrons. The number of nitrogens with one attached hydrogen (secondary N) is 1. The van der Waals surface area contributed by atoms with Gasteiger partial charge < -0.3 is 9.47 Å². The number of nitrogens with zero attached hydrogens (tertiary/aromatic N) is 1. The van der Waals surface area contributed by atoms with E-state index in [2.05, 4.69) is 25.9 Å². The average molecular weight is 360 g/mol. The van der Waals surface area contributed by atoms with Gasteiger partial charge >= 0.3 is 12.2 Å². The van der Waals surface area contributed by atoms with Gasteiger partial charge in [-0.2, -0.15) is 5.01 Å². The zero-order valence-electron chi connectivity index (χ0n) is 16.4. The maximum absolute atomic E-state index is 12.5. The zero-order valence-corrected chi connectivity index (χ0v) is 16.4. The van der Waals surface area contributed by atoms with Gasteiger partial charge in [0.1, 0.15) is 5.60 Å². The van der Waals surface area contributed by atoms with Crippen molar-refractivity contribution < 1.29 is 19.1 Å². The number of allylic oxidation sites excluding steroid dienone is 1. The van der Waals surface area contributed by atoms with Crippen LogP contribution in [-0.2, 0) is 22.3 Å². The number of fused-ring (bicyclic) bond motifs is 1. The lowest BCUT2D eigenvalue weighted by Gasteiger charge is -2.26. The molecule has 1 N–H and O–H groups in total. The molecule has 1 aromatic rings. The second kappa shape index (κ2) is 7.02. The molecule has 0 saturated heterocycles. The number of ether oxygens (including phenoxy) is 2. The second-order valence-corrected chi connectivity index (χ2v) is 8.49. The van der Waals surface area contributed by atoms with Crippen LogP contribution in [0.4, 0.5) is 15.3 Å². The third-order valence-electron chi connectivity index (χ3n) is 3.83. The summed E-state index contributed by atoms with van der Waals surface area (Å²) in [4.78, 5) is 24.6. The molecular formula is C20H28N2O4. The van der Waals surface area contributed by atoms with Crippen LogP contribution in [0.1, 0.15) is 52.7 Å². The van der Waals surface area contributed by atoms with Crippen LogP contribution in [0, 0.1) is 5.41 Å². The molecule has 1 aliphatic carbocycles. The number of hydrogen-bond acceptors (Lipinski definition) is 4. The molecule has 142 valence electrons. The van der Waals surface area contributed by atoms with E-state index >= 15 is 0 Å². The van der Waals surface area contributed by atoms with E-state index in [4.69, 9.17) is 9.47 Å². The van der Waals surface area contributed by atoms with Crippen molar-refractivity contribution in [3.63, 3.8) is 0 Å². The van der Waals surface area contributed by atoms with E-state index in [9.17, 15) is 9.59 Å². The summed E-state index contributed by atoms with van der Waals surface area (Å²) in [6.45, 7) is 14.8. The first kappa shape index (κ1) is 19.8. The maximum atomic E-state index is 12.5. The summed E-state index contributed by atoms with van der Waals surface area (Å²) in [7, 11) is 0. The van der Waals surface area contributed by atoms with Crippen molar-refractivity contribution in [2.45, 2.75) is 60.0 Å². The largest absolute Gasteiger partial charge is 0.443 e. The molecule has 0 fully saturated rings. The van der Waals surface area contributed by atoms with E-state index < -0.39 is 17.8 Å². The summed E-state index contributed by atoms with van der Waals surface area (Å²) < 4.78 is 10.3. The molecule has 2 amide bonds. The minimum absolute atomic E-state index is 0.183. The molecule has 0 spiro atoms. The molecule has 0 unspecified atom stereocenters. The fourth-order valence-electron chi connectivity index (χ4n) is 2.98. The zero-order chi connectivity index (χ0) is 19.7. The third kappa shape index (κ3) is 5.25. The van der Waals surface area contributed by atoms with E-state index in [1.807, 2.05) is 12.1 Å². The number of rotatable bonds is 2. The first-order chi connectivity index (χ1) is 11.9. The van der Waals surface area contributed by atoms with Crippen molar-refractivity contribution >= 4 is 17.9 Å². The summed E-state index contributed by atoms with van der Waals surface area (Å²) in [6.07, 6.45) is 0.405. The lowest BCUT2D eigenvalue weighted by Crippen LogP contribution is -2.48. The highest BCUT2D eigenvalue weighted by Crippen LogP contribution is 2.37. The number of benzene rings is 1. The Labute approximate surface area is 155 Å². The molecule has 0 saturated carbocycles. The lowest BCUT2D eigenvalue weighted by molar-refractivity contribution is 0.0517. The summed E-state index contributed by atoms with van der Waals surface area (Å²) in [5.41, 5.74) is 4.89. The Bertz CT molecular complexity index is 732. The van der Waals surface area contributed by atoms with Gasteiger partial charge in [-0.15, -0.1) is 0 Å². The van der Waals surface area contributed by atoms with Gasteiger partial charge in [0, 0.05) is 0 Å². The van der Waals surface area contributed by atoms with Crippen LogP contribution in [0.15, 0.2) is 30.5 Å². The number of carbonyl (C=O) groups excluding carboxylic acids is 2. The summed E-state index contributed by atoms with van der Waals surface area (Å²) in [5, 5.41) is 1.05. The Morgan fingerprint density at radius 1 is 1.19 bits per heavy atom. The van der Waals surface area contributed by atoms with Crippen LogP contribution in [0.5, 0.6) is 0 Å². The maximum Gasteiger partial charge on any atom is 0.438 e. The van der Waals surface area contributed by atoms with E-state index in [-0.39, 0.29) is 11.2 Å². The molecule has 0 atom stereocenters. The minimum atomic E-state index is -0.749. The predicted molar refractivity (Wildman–Crippen MR) is 101 cm³/mol. The van der Waals surface area contributed by atoms with Crippen molar-refractivity contribution in [2.75, 3.05) is 5.01 Å². The summed E-state index contributed by atoms with van der Waals surface area (Å²) >= 11 is 0. The van der Waals surface area contributed by atoms with Crippen molar-refractivity contribution in [1.82, 2.24) is 5.43 Å². The smallest absolute Gasteiger partial charge is 0.438 e. The molecule has 26 heavy (non-hydrogen) atoms. The van der Waals surface area contributed by atoms with E-state index in [1.165, 1.54) is 5.56 Å². The predicted octanol–water partition coefficient (Wildman–Crippen LogP) is 4.73. The van der Waals surface area contributed by atoms with Crippen LogP contribution in [-0.4, -0.2) is 17.8 Å². The summed E-state index contributed by atoms with van der Waals surface area (Å²) in [5.74, 6) is 0.230. The SMILES string of the molecule is C=C(C)OC(=O)N(NC(=O)OC(C)(C)C)c1ccc2c(c1)CC(C)(C)C2. The number of anilines is 1. The highest BCUT2D eigenvalue weighted by atomic mass is 16.6.